The normalized spacial score (nSPS) is 14.1. The van der Waals surface area contributed by atoms with Gasteiger partial charge in [-0.1, -0.05) is 24.3 Å². The molecule has 1 aliphatic heterocycles. The molecule has 4 aromatic rings. The molecule has 0 fully saturated rings. The zero-order valence-electron chi connectivity index (χ0n) is 20.9. The van der Waals surface area contributed by atoms with E-state index in [9.17, 15) is 4.79 Å². The first-order valence-electron chi connectivity index (χ1n) is 12.0. The number of nitrogens with one attached hydrogen (secondary N) is 2. The Morgan fingerprint density at radius 1 is 0.973 bits per heavy atom. The molecule has 8 heteroatoms. The molecule has 8 nitrogen and oxygen atoms in total. The van der Waals surface area contributed by atoms with Gasteiger partial charge >= 0.3 is 0 Å². The van der Waals surface area contributed by atoms with Crippen molar-refractivity contribution in [3.63, 3.8) is 0 Å². The summed E-state index contributed by atoms with van der Waals surface area (Å²) in [5.41, 5.74) is 3.89. The van der Waals surface area contributed by atoms with Gasteiger partial charge in [0, 0.05) is 16.9 Å². The minimum absolute atomic E-state index is 0.240. The number of rotatable bonds is 8. The molecule has 1 amide bonds. The quantitative estimate of drug-likeness (QED) is 0.330. The van der Waals surface area contributed by atoms with Crippen molar-refractivity contribution in [2.45, 2.75) is 13.0 Å². The van der Waals surface area contributed by atoms with Crippen LogP contribution in [0.4, 0.5) is 11.5 Å². The predicted octanol–water partition coefficient (Wildman–Crippen LogP) is 5.61. The number of anilines is 2. The number of fused-ring (bicyclic) bond motifs is 1. The zero-order valence-corrected chi connectivity index (χ0v) is 20.9. The van der Waals surface area contributed by atoms with Crippen molar-refractivity contribution in [2.24, 2.45) is 0 Å². The molecule has 188 valence electrons. The number of carbonyl (C=O) groups excluding carboxylic acids is 1. The first-order valence-corrected chi connectivity index (χ1v) is 12.0. The van der Waals surface area contributed by atoms with Crippen molar-refractivity contribution in [1.82, 2.24) is 9.78 Å². The molecule has 0 aliphatic carbocycles. The van der Waals surface area contributed by atoms with Gasteiger partial charge in [0.1, 0.15) is 28.6 Å². The summed E-state index contributed by atoms with van der Waals surface area (Å²) in [5.74, 6) is 2.60. The Bertz CT molecular complexity index is 1430. The van der Waals surface area contributed by atoms with E-state index in [2.05, 4.69) is 21.8 Å². The fraction of sp³-hybridized carbons (Fsp3) is 0.172. The Morgan fingerprint density at radius 2 is 1.70 bits per heavy atom. The second kappa shape index (κ2) is 10.5. The second-order valence-electron chi connectivity index (χ2n) is 8.42. The van der Waals surface area contributed by atoms with Crippen LogP contribution in [0, 0.1) is 0 Å². The lowest BCUT2D eigenvalue weighted by atomic mass is 10.0. The lowest BCUT2D eigenvalue weighted by Crippen LogP contribution is -2.22. The molecule has 0 saturated heterocycles. The smallest absolute Gasteiger partial charge is 0.261 e. The highest BCUT2D eigenvalue weighted by Gasteiger charge is 2.28. The largest absolute Gasteiger partial charge is 0.497 e. The SMILES string of the molecule is CCOc1ccc(NC(=O)c2cnn3c2NC(c2cccc(OC)c2)=C[C@H]3c2ccc(OC)cc2)cc1. The molecule has 1 atom stereocenters. The van der Waals surface area contributed by atoms with E-state index in [0.29, 0.717) is 23.7 Å². The average molecular weight is 497 g/mol. The number of carbonyl (C=O) groups is 1. The second-order valence-corrected chi connectivity index (χ2v) is 8.42. The predicted molar refractivity (Wildman–Crippen MR) is 144 cm³/mol. The van der Waals surface area contributed by atoms with Gasteiger partial charge in [-0.3, -0.25) is 4.79 Å². The summed E-state index contributed by atoms with van der Waals surface area (Å²) in [6.07, 6.45) is 3.68. The van der Waals surface area contributed by atoms with E-state index >= 15 is 0 Å². The lowest BCUT2D eigenvalue weighted by Gasteiger charge is -2.26. The van der Waals surface area contributed by atoms with Crippen LogP contribution in [0.1, 0.15) is 34.5 Å². The van der Waals surface area contributed by atoms with Gasteiger partial charge in [-0.25, -0.2) is 4.68 Å². The van der Waals surface area contributed by atoms with Crippen molar-refractivity contribution in [2.75, 3.05) is 31.5 Å². The van der Waals surface area contributed by atoms with E-state index in [1.54, 1.807) is 20.4 Å². The van der Waals surface area contributed by atoms with E-state index in [4.69, 9.17) is 14.2 Å². The minimum Gasteiger partial charge on any atom is -0.497 e. The molecule has 2 N–H and O–H groups in total. The summed E-state index contributed by atoms with van der Waals surface area (Å²) >= 11 is 0. The van der Waals surface area contributed by atoms with Crippen LogP contribution >= 0.6 is 0 Å². The third kappa shape index (κ3) is 4.99. The van der Waals surface area contributed by atoms with Gasteiger partial charge in [0.05, 0.1) is 33.1 Å². The topological polar surface area (TPSA) is 86.6 Å². The van der Waals surface area contributed by atoms with E-state index in [-0.39, 0.29) is 11.9 Å². The van der Waals surface area contributed by atoms with Crippen LogP contribution < -0.4 is 24.8 Å². The van der Waals surface area contributed by atoms with Crippen LogP contribution in [-0.4, -0.2) is 36.5 Å². The fourth-order valence-corrected chi connectivity index (χ4v) is 4.26. The Balaban J connectivity index is 1.50. The summed E-state index contributed by atoms with van der Waals surface area (Å²) in [4.78, 5) is 13.3. The zero-order chi connectivity index (χ0) is 25.8. The number of nitrogens with zero attached hydrogens (tertiary/aromatic N) is 2. The molecular formula is C29H28N4O4. The number of methoxy groups -OCH3 is 2. The third-order valence-corrected chi connectivity index (χ3v) is 6.14. The van der Waals surface area contributed by atoms with E-state index in [1.165, 1.54) is 0 Å². The number of amides is 1. The highest BCUT2D eigenvalue weighted by molar-refractivity contribution is 6.08. The number of hydrogen-bond donors (Lipinski definition) is 2. The number of hydrogen-bond acceptors (Lipinski definition) is 6. The van der Waals surface area contributed by atoms with Gasteiger partial charge in [-0.15, -0.1) is 0 Å². The van der Waals surface area contributed by atoms with Gasteiger partial charge in [0.15, 0.2) is 0 Å². The van der Waals surface area contributed by atoms with Gasteiger partial charge in [0.25, 0.3) is 5.91 Å². The Hall–Kier alpha value is -4.72. The van der Waals surface area contributed by atoms with Crippen molar-refractivity contribution in [3.05, 3.63) is 102 Å². The maximum atomic E-state index is 13.3. The first-order chi connectivity index (χ1) is 18.1. The van der Waals surface area contributed by atoms with Gasteiger partial charge < -0.3 is 24.8 Å². The third-order valence-electron chi connectivity index (χ3n) is 6.14. The van der Waals surface area contributed by atoms with E-state index in [1.807, 2.05) is 84.4 Å². The highest BCUT2D eigenvalue weighted by Crippen LogP contribution is 2.36. The Morgan fingerprint density at radius 3 is 2.41 bits per heavy atom. The monoisotopic (exact) mass is 496 g/mol. The average Bonchev–Trinajstić information content (AvgIpc) is 3.38. The number of allylic oxidation sites excluding steroid dienone is 1. The van der Waals surface area contributed by atoms with Crippen molar-refractivity contribution < 1.29 is 19.0 Å². The van der Waals surface area contributed by atoms with Gasteiger partial charge in [0.2, 0.25) is 0 Å². The molecule has 0 radical (unpaired) electrons. The van der Waals surface area contributed by atoms with Gasteiger partial charge in [-0.2, -0.15) is 5.10 Å². The molecule has 1 aliphatic rings. The maximum absolute atomic E-state index is 13.3. The Labute approximate surface area is 215 Å². The molecule has 0 unspecified atom stereocenters. The number of aromatic nitrogens is 2. The van der Waals surface area contributed by atoms with Crippen LogP contribution in [-0.2, 0) is 0 Å². The Kier molecular flexibility index (Phi) is 6.81. The number of ether oxygens (including phenoxy) is 3. The fourth-order valence-electron chi connectivity index (χ4n) is 4.26. The minimum atomic E-state index is -0.265. The van der Waals surface area contributed by atoms with Gasteiger partial charge in [-0.05, 0) is 67.1 Å². The van der Waals surface area contributed by atoms with E-state index in [0.717, 1.165) is 34.1 Å². The molecule has 0 saturated carbocycles. The number of benzene rings is 3. The molecule has 2 heterocycles. The summed E-state index contributed by atoms with van der Waals surface area (Å²) in [6, 6.07) is 22.7. The summed E-state index contributed by atoms with van der Waals surface area (Å²) in [7, 11) is 3.28. The summed E-state index contributed by atoms with van der Waals surface area (Å²) in [6.45, 7) is 2.51. The summed E-state index contributed by atoms with van der Waals surface area (Å²) < 4.78 is 18.1. The first kappa shape index (κ1) is 24.0. The standard InChI is InChI=1S/C29H28N4O4/c1-4-37-23-14-10-21(11-15-23)31-29(34)25-18-30-33-27(19-8-12-22(35-2)13-9-19)17-26(32-28(25)33)20-6-5-7-24(16-20)36-3/h5-18,27,32H,4H2,1-3H3,(H,31,34)/t27-/m0/s1. The molecular weight excluding hydrogens is 468 g/mol. The highest BCUT2D eigenvalue weighted by atomic mass is 16.5. The molecule has 1 aromatic heterocycles. The van der Waals surface area contributed by atoms with Crippen LogP contribution in [0.2, 0.25) is 0 Å². The molecule has 5 rings (SSSR count). The van der Waals surface area contributed by atoms with Crippen molar-refractivity contribution >= 4 is 23.1 Å². The molecule has 0 bridgehead atoms. The van der Waals surface area contributed by atoms with Crippen LogP contribution in [0.25, 0.3) is 5.70 Å². The lowest BCUT2D eigenvalue weighted by molar-refractivity contribution is 0.102. The summed E-state index contributed by atoms with van der Waals surface area (Å²) in [5, 5.41) is 11.0. The van der Waals surface area contributed by atoms with Crippen LogP contribution in [0.15, 0.2) is 85.1 Å². The van der Waals surface area contributed by atoms with Crippen molar-refractivity contribution in [1.29, 1.82) is 0 Å². The van der Waals surface area contributed by atoms with Crippen LogP contribution in [0.5, 0.6) is 17.2 Å². The van der Waals surface area contributed by atoms with E-state index < -0.39 is 0 Å². The van der Waals surface area contributed by atoms with Crippen molar-refractivity contribution in [3.8, 4) is 17.2 Å². The maximum Gasteiger partial charge on any atom is 0.261 e. The van der Waals surface area contributed by atoms with Crippen LogP contribution in [0.3, 0.4) is 0 Å². The molecule has 0 spiro atoms. The molecule has 37 heavy (non-hydrogen) atoms. The molecule has 3 aromatic carbocycles.